The molecule has 0 spiro atoms. The first kappa shape index (κ1) is 11.1. The van der Waals surface area contributed by atoms with Gasteiger partial charge in [0.1, 0.15) is 0 Å². The molecule has 2 heterocycles. The Morgan fingerprint density at radius 1 is 1.40 bits per heavy atom. The van der Waals surface area contributed by atoms with Gasteiger partial charge in [0.2, 0.25) is 0 Å². The third kappa shape index (κ3) is 2.25. The van der Waals surface area contributed by atoms with Gasteiger partial charge < -0.3 is 0 Å². The Bertz CT molecular complexity index is 351. The number of alkyl halides is 1. The number of aromatic nitrogens is 1. The molecule has 0 amide bonds. The van der Waals surface area contributed by atoms with Gasteiger partial charge in [-0.25, -0.2) is 8.81 Å². The number of halogens is 3. The molecule has 1 aliphatic heterocycles. The van der Waals surface area contributed by atoms with Crippen molar-refractivity contribution in [3.8, 4) is 0 Å². The van der Waals surface area contributed by atoms with Crippen molar-refractivity contribution in [2.24, 2.45) is 0 Å². The number of piperidine rings is 1. The lowest BCUT2D eigenvalue weighted by Crippen LogP contribution is -2.36. The van der Waals surface area contributed by atoms with Gasteiger partial charge in [0.05, 0.1) is 10.7 Å². The molecule has 2 rings (SSSR count). The van der Waals surface area contributed by atoms with E-state index in [4.69, 9.17) is 23.4 Å². The van der Waals surface area contributed by atoms with Crippen molar-refractivity contribution in [3.05, 3.63) is 29.0 Å². The molecule has 0 aromatic carbocycles. The van der Waals surface area contributed by atoms with Crippen molar-refractivity contribution < 1.29 is 4.39 Å². The first-order chi connectivity index (χ1) is 7.12. The molecule has 0 aliphatic carbocycles. The van der Waals surface area contributed by atoms with Crippen molar-refractivity contribution >= 4 is 23.4 Å². The van der Waals surface area contributed by atoms with E-state index in [9.17, 15) is 4.39 Å². The molecule has 1 aromatic heterocycles. The smallest absolute Gasteiger partial charge is 0.156 e. The fraction of sp³-hybridized carbons (Fsp3) is 0.500. The summed E-state index contributed by atoms with van der Waals surface area (Å²) in [6, 6.07) is 3.37. The highest BCUT2D eigenvalue weighted by atomic mass is 35.5. The highest BCUT2D eigenvalue weighted by molar-refractivity contribution is 6.31. The first-order valence-corrected chi connectivity index (χ1v) is 5.54. The molecule has 1 fully saturated rings. The maximum absolute atomic E-state index is 14.5. The predicted octanol–water partition coefficient (Wildman–Crippen LogP) is 3.15. The minimum absolute atomic E-state index is 0.341. The summed E-state index contributed by atoms with van der Waals surface area (Å²) < 4.78 is 16.1. The lowest BCUT2D eigenvalue weighted by atomic mass is 9.90. The normalized spacial score (nSPS) is 21.5. The molecule has 0 atom stereocenters. The fourth-order valence-corrected chi connectivity index (χ4v) is 2.25. The second kappa shape index (κ2) is 4.24. The SMILES string of the molecule is FC1(c2ncccc2Cl)CCN(Cl)CC1. The third-order valence-corrected chi connectivity index (χ3v) is 3.33. The van der Waals surface area contributed by atoms with E-state index in [-0.39, 0.29) is 0 Å². The minimum Gasteiger partial charge on any atom is -0.256 e. The highest BCUT2D eigenvalue weighted by Crippen LogP contribution is 2.39. The Morgan fingerprint density at radius 2 is 2.07 bits per heavy atom. The monoisotopic (exact) mass is 248 g/mol. The van der Waals surface area contributed by atoms with Crippen LogP contribution in [0, 0.1) is 0 Å². The number of hydrogen-bond acceptors (Lipinski definition) is 2. The topological polar surface area (TPSA) is 16.1 Å². The van der Waals surface area contributed by atoms with Crippen LogP contribution in [0.3, 0.4) is 0 Å². The van der Waals surface area contributed by atoms with Crippen LogP contribution in [0.25, 0.3) is 0 Å². The van der Waals surface area contributed by atoms with E-state index in [1.165, 1.54) is 0 Å². The Kier molecular flexibility index (Phi) is 3.14. The molecule has 0 N–H and O–H groups in total. The van der Waals surface area contributed by atoms with Gasteiger partial charge in [0.25, 0.3) is 0 Å². The van der Waals surface area contributed by atoms with Crippen LogP contribution in [0.5, 0.6) is 0 Å². The second-order valence-corrected chi connectivity index (χ2v) is 4.59. The maximum Gasteiger partial charge on any atom is 0.156 e. The minimum atomic E-state index is -1.43. The van der Waals surface area contributed by atoms with E-state index in [2.05, 4.69) is 4.98 Å². The maximum atomic E-state index is 14.5. The van der Waals surface area contributed by atoms with Gasteiger partial charge in [-0.15, -0.1) is 0 Å². The molecule has 0 unspecified atom stereocenters. The largest absolute Gasteiger partial charge is 0.256 e. The zero-order valence-electron chi connectivity index (χ0n) is 8.09. The Labute approximate surface area is 98.1 Å². The van der Waals surface area contributed by atoms with Crippen molar-refractivity contribution in [2.75, 3.05) is 13.1 Å². The van der Waals surface area contributed by atoms with Gasteiger partial charge in [0.15, 0.2) is 5.67 Å². The predicted molar refractivity (Wildman–Crippen MR) is 58.7 cm³/mol. The van der Waals surface area contributed by atoms with E-state index in [1.54, 1.807) is 22.7 Å². The zero-order valence-corrected chi connectivity index (χ0v) is 9.60. The van der Waals surface area contributed by atoms with Crippen LogP contribution in [0.15, 0.2) is 18.3 Å². The van der Waals surface area contributed by atoms with E-state index >= 15 is 0 Å². The van der Waals surface area contributed by atoms with Crippen molar-refractivity contribution in [1.82, 2.24) is 9.40 Å². The number of nitrogens with zero attached hydrogens (tertiary/aromatic N) is 2. The van der Waals surface area contributed by atoms with Crippen LogP contribution in [0.2, 0.25) is 5.02 Å². The van der Waals surface area contributed by atoms with Crippen LogP contribution in [0.1, 0.15) is 18.5 Å². The summed E-state index contributed by atoms with van der Waals surface area (Å²) in [7, 11) is 0. The van der Waals surface area contributed by atoms with Crippen molar-refractivity contribution in [2.45, 2.75) is 18.5 Å². The molecule has 5 heteroatoms. The summed E-state index contributed by atoms with van der Waals surface area (Å²) in [6.07, 6.45) is 2.25. The van der Waals surface area contributed by atoms with Crippen LogP contribution in [0.4, 0.5) is 4.39 Å². The van der Waals surface area contributed by atoms with Gasteiger partial charge >= 0.3 is 0 Å². The average Bonchev–Trinajstić information content (AvgIpc) is 2.23. The highest BCUT2D eigenvalue weighted by Gasteiger charge is 2.38. The third-order valence-electron chi connectivity index (χ3n) is 2.68. The van der Waals surface area contributed by atoms with Crippen LogP contribution in [-0.2, 0) is 5.67 Å². The molecule has 0 radical (unpaired) electrons. The summed E-state index contributed by atoms with van der Waals surface area (Å²) >= 11 is 11.7. The van der Waals surface area contributed by atoms with Gasteiger partial charge in [-0.05, 0) is 23.9 Å². The lowest BCUT2D eigenvalue weighted by Gasteiger charge is -2.32. The quantitative estimate of drug-likeness (QED) is 0.711. The lowest BCUT2D eigenvalue weighted by molar-refractivity contribution is 0.0834. The van der Waals surface area contributed by atoms with Gasteiger partial charge in [-0.3, -0.25) is 4.98 Å². The van der Waals surface area contributed by atoms with Gasteiger partial charge in [0, 0.05) is 32.1 Å². The zero-order chi connectivity index (χ0) is 10.9. The van der Waals surface area contributed by atoms with Crippen LogP contribution >= 0.6 is 23.4 Å². The molecule has 0 saturated carbocycles. The average molecular weight is 249 g/mol. The van der Waals surface area contributed by atoms with Crippen molar-refractivity contribution in [3.63, 3.8) is 0 Å². The molecule has 15 heavy (non-hydrogen) atoms. The molecule has 1 aliphatic rings. The summed E-state index contributed by atoms with van der Waals surface area (Å²) in [4.78, 5) is 4.03. The van der Waals surface area contributed by atoms with E-state index in [0.29, 0.717) is 36.6 Å². The second-order valence-electron chi connectivity index (χ2n) is 3.71. The molecular weight excluding hydrogens is 238 g/mol. The summed E-state index contributed by atoms with van der Waals surface area (Å²) in [6.45, 7) is 1.04. The fourth-order valence-electron chi connectivity index (χ4n) is 1.79. The molecule has 0 bridgehead atoms. The van der Waals surface area contributed by atoms with E-state index < -0.39 is 5.67 Å². The van der Waals surface area contributed by atoms with Crippen molar-refractivity contribution in [1.29, 1.82) is 0 Å². The first-order valence-electron chi connectivity index (χ1n) is 4.82. The van der Waals surface area contributed by atoms with Crippen LogP contribution in [-0.4, -0.2) is 22.5 Å². The van der Waals surface area contributed by atoms with Crippen LogP contribution < -0.4 is 0 Å². The molecule has 1 saturated heterocycles. The van der Waals surface area contributed by atoms with Gasteiger partial charge in [-0.1, -0.05) is 11.6 Å². The number of pyridine rings is 1. The molecule has 2 nitrogen and oxygen atoms in total. The number of rotatable bonds is 1. The van der Waals surface area contributed by atoms with E-state index in [1.807, 2.05) is 0 Å². The molecular formula is C10H11Cl2FN2. The standard InChI is InChI=1S/C10H11Cl2FN2/c11-8-2-1-5-14-9(8)10(13)3-6-15(12)7-4-10/h1-2,5H,3-4,6-7H2. The summed E-state index contributed by atoms with van der Waals surface area (Å²) in [5.41, 5.74) is -1.08. The summed E-state index contributed by atoms with van der Waals surface area (Å²) in [5.74, 6) is 0. The molecule has 1 aromatic rings. The Balaban J connectivity index is 2.26. The Hall–Kier alpha value is -0.380. The molecule has 82 valence electrons. The Morgan fingerprint density at radius 3 is 2.67 bits per heavy atom. The number of hydrogen-bond donors (Lipinski definition) is 0. The van der Waals surface area contributed by atoms with E-state index in [0.717, 1.165) is 0 Å². The van der Waals surface area contributed by atoms with Gasteiger partial charge in [-0.2, -0.15) is 0 Å². The summed E-state index contributed by atoms with van der Waals surface area (Å²) in [5, 5.41) is 0.392.